The molecule has 5 rings (SSSR count). The van der Waals surface area contributed by atoms with Gasteiger partial charge in [-0.15, -0.1) is 0 Å². The van der Waals surface area contributed by atoms with Gasteiger partial charge in [-0.3, -0.25) is 4.98 Å². The molecule has 5 aromatic rings. The fourth-order valence-electron chi connectivity index (χ4n) is 3.64. The molecule has 0 bridgehead atoms. The molecule has 29 heavy (non-hydrogen) atoms. The number of nitrogens with zero attached hydrogens (tertiary/aromatic N) is 3. The van der Waals surface area contributed by atoms with E-state index in [1.807, 2.05) is 29.1 Å². The van der Waals surface area contributed by atoms with Gasteiger partial charge in [0.1, 0.15) is 11.5 Å². The van der Waals surface area contributed by atoms with E-state index in [0.717, 1.165) is 45.2 Å². The molecule has 0 amide bonds. The summed E-state index contributed by atoms with van der Waals surface area (Å²) in [6.45, 7) is 2.13. The van der Waals surface area contributed by atoms with Crippen LogP contribution in [0.2, 0.25) is 5.02 Å². The third-order valence-electron chi connectivity index (χ3n) is 5.18. The number of benzene rings is 3. The van der Waals surface area contributed by atoms with Gasteiger partial charge in [0.2, 0.25) is 0 Å². The van der Waals surface area contributed by atoms with E-state index in [2.05, 4.69) is 36.2 Å². The molecule has 2 aromatic heterocycles. The summed E-state index contributed by atoms with van der Waals surface area (Å²) < 4.78 is 15.4. The number of halogens is 2. The zero-order chi connectivity index (χ0) is 20.0. The van der Waals surface area contributed by atoms with E-state index in [1.54, 1.807) is 12.1 Å². The van der Waals surface area contributed by atoms with E-state index >= 15 is 0 Å². The molecule has 0 saturated heterocycles. The predicted molar refractivity (Wildman–Crippen MR) is 116 cm³/mol. The van der Waals surface area contributed by atoms with E-state index in [-0.39, 0.29) is 5.82 Å². The lowest BCUT2D eigenvalue weighted by Crippen LogP contribution is -1.97. The maximum atomic E-state index is 13.5. The Labute approximate surface area is 172 Å². The number of aromatic nitrogens is 3. The van der Waals surface area contributed by atoms with Crippen LogP contribution in [0.5, 0.6) is 0 Å². The van der Waals surface area contributed by atoms with Gasteiger partial charge in [-0.2, -0.15) is 5.10 Å². The number of rotatable bonds is 3. The lowest BCUT2D eigenvalue weighted by molar-refractivity contribution is 0.627. The molecule has 0 aliphatic rings. The second-order valence-electron chi connectivity index (χ2n) is 6.97. The van der Waals surface area contributed by atoms with Crippen molar-refractivity contribution in [1.82, 2.24) is 14.8 Å². The number of aryl methyl sites for hydroxylation is 1. The monoisotopic (exact) mass is 401 g/mol. The van der Waals surface area contributed by atoms with Crippen LogP contribution in [0, 0.1) is 5.82 Å². The summed E-state index contributed by atoms with van der Waals surface area (Å²) >= 11 is 6.29. The van der Waals surface area contributed by atoms with Crippen molar-refractivity contribution in [2.75, 3.05) is 0 Å². The van der Waals surface area contributed by atoms with Gasteiger partial charge in [0.15, 0.2) is 0 Å². The van der Waals surface area contributed by atoms with Crippen molar-refractivity contribution >= 4 is 33.4 Å². The summed E-state index contributed by atoms with van der Waals surface area (Å²) in [5, 5.41) is 7.37. The van der Waals surface area contributed by atoms with Crippen molar-refractivity contribution in [3.63, 3.8) is 0 Å². The van der Waals surface area contributed by atoms with E-state index in [1.165, 1.54) is 17.7 Å². The second kappa shape index (κ2) is 6.98. The molecule has 3 nitrogen and oxygen atoms in total. The van der Waals surface area contributed by atoms with E-state index in [9.17, 15) is 4.39 Å². The molecule has 0 radical (unpaired) electrons. The van der Waals surface area contributed by atoms with Crippen LogP contribution in [0.1, 0.15) is 12.5 Å². The Balaban J connectivity index is 1.86. The Morgan fingerprint density at radius 2 is 1.69 bits per heavy atom. The normalized spacial score (nSPS) is 11.4. The van der Waals surface area contributed by atoms with Gasteiger partial charge in [-0.25, -0.2) is 9.07 Å². The van der Waals surface area contributed by atoms with Crippen LogP contribution in [-0.4, -0.2) is 14.8 Å². The molecule has 2 heterocycles. The fourth-order valence-corrected chi connectivity index (χ4v) is 3.81. The van der Waals surface area contributed by atoms with Crippen LogP contribution in [0.15, 0.2) is 72.9 Å². The zero-order valence-electron chi connectivity index (χ0n) is 15.7. The van der Waals surface area contributed by atoms with E-state index in [0.29, 0.717) is 5.02 Å². The van der Waals surface area contributed by atoms with Crippen LogP contribution in [-0.2, 0) is 6.42 Å². The van der Waals surface area contributed by atoms with Crippen molar-refractivity contribution in [2.45, 2.75) is 13.3 Å². The Bertz CT molecular complexity index is 1340. The van der Waals surface area contributed by atoms with Crippen LogP contribution < -0.4 is 0 Å². The number of hydrogen-bond donors (Lipinski definition) is 0. The SMILES string of the molecule is CCc1ccc(-c2nn(-c3ccc(F)cc3)c3c2cnc2ccc(Cl)cc23)cc1. The first-order valence-corrected chi connectivity index (χ1v) is 9.84. The largest absolute Gasteiger partial charge is 0.255 e. The predicted octanol–water partition coefficient (Wildman–Crippen LogP) is 6.60. The Morgan fingerprint density at radius 3 is 2.41 bits per heavy atom. The van der Waals surface area contributed by atoms with Crippen LogP contribution in [0.4, 0.5) is 4.39 Å². The molecule has 0 saturated carbocycles. The lowest BCUT2D eigenvalue weighted by Gasteiger charge is -2.06. The standard InChI is InChI=1S/C24H17ClFN3/c1-2-15-3-5-16(6-4-15)23-21-14-27-22-12-7-17(25)13-20(22)24(21)29(28-23)19-10-8-18(26)9-11-19/h3-14H,2H2,1H3. The highest BCUT2D eigenvalue weighted by molar-refractivity contribution is 6.31. The highest BCUT2D eigenvalue weighted by Crippen LogP contribution is 2.34. The van der Waals surface area contributed by atoms with Gasteiger partial charge in [-0.1, -0.05) is 42.8 Å². The minimum atomic E-state index is -0.282. The topological polar surface area (TPSA) is 30.7 Å². The van der Waals surface area contributed by atoms with Crippen molar-refractivity contribution < 1.29 is 4.39 Å². The van der Waals surface area contributed by atoms with Crippen LogP contribution in [0.3, 0.4) is 0 Å². The summed E-state index contributed by atoms with van der Waals surface area (Å²) in [6, 6.07) is 20.3. The van der Waals surface area contributed by atoms with Gasteiger partial charge in [0.05, 0.1) is 16.7 Å². The maximum Gasteiger partial charge on any atom is 0.123 e. The average molecular weight is 402 g/mol. The first kappa shape index (κ1) is 17.8. The molecule has 0 aliphatic heterocycles. The third kappa shape index (κ3) is 3.06. The fraction of sp³-hybridized carbons (Fsp3) is 0.0833. The molecular formula is C24H17ClFN3. The summed E-state index contributed by atoms with van der Waals surface area (Å²) in [5.41, 5.74) is 5.63. The van der Waals surface area contributed by atoms with Crippen molar-refractivity contribution in [2.24, 2.45) is 0 Å². The Morgan fingerprint density at radius 1 is 0.931 bits per heavy atom. The molecule has 142 valence electrons. The molecule has 3 aromatic carbocycles. The summed E-state index contributed by atoms with van der Waals surface area (Å²) in [7, 11) is 0. The van der Waals surface area contributed by atoms with Gasteiger partial charge < -0.3 is 0 Å². The first-order chi connectivity index (χ1) is 14.1. The third-order valence-corrected chi connectivity index (χ3v) is 5.41. The summed E-state index contributed by atoms with van der Waals surface area (Å²) in [4.78, 5) is 4.62. The molecule has 0 fully saturated rings. The van der Waals surface area contributed by atoms with Crippen molar-refractivity contribution in [3.05, 3.63) is 89.3 Å². The number of fused-ring (bicyclic) bond motifs is 3. The highest BCUT2D eigenvalue weighted by atomic mass is 35.5. The first-order valence-electron chi connectivity index (χ1n) is 9.46. The van der Waals surface area contributed by atoms with E-state index in [4.69, 9.17) is 16.7 Å². The quantitative estimate of drug-likeness (QED) is 0.341. The number of hydrogen-bond acceptors (Lipinski definition) is 2. The zero-order valence-corrected chi connectivity index (χ0v) is 16.5. The van der Waals surface area contributed by atoms with Crippen molar-refractivity contribution in [1.29, 1.82) is 0 Å². The van der Waals surface area contributed by atoms with Gasteiger partial charge in [0, 0.05) is 27.6 Å². The van der Waals surface area contributed by atoms with Gasteiger partial charge in [0.25, 0.3) is 0 Å². The average Bonchev–Trinajstić information content (AvgIpc) is 3.14. The molecule has 5 heteroatoms. The summed E-state index contributed by atoms with van der Waals surface area (Å²) in [6.07, 6.45) is 2.83. The smallest absolute Gasteiger partial charge is 0.123 e. The summed E-state index contributed by atoms with van der Waals surface area (Å²) in [5.74, 6) is -0.282. The Hall–Kier alpha value is -3.24. The van der Waals surface area contributed by atoms with Gasteiger partial charge in [-0.05, 0) is 54.4 Å². The van der Waals surface area contributed by atoms with E-state index < -0.39 is 0 Å². The molecule has 0 N–H and O–H groups in total. The molecule has 0 aliphatic carbocycles. The molecule has 0 spiro atoms. The van der Waals surface area contributed by atoms with Gasteiger partial charge >= 0.3 is 0 Å². The molecular weight excluding hydrogens is 385 g/mol. The lowest BCUT2D eigenvalue weighted by atomic mass is 10.0. The maximum absolute atomic E-state index is 13.5. The Kier molecular flexibility index (Phi) is 4.29. The minimum Gasteiger partial charge on any atom is -0.255 e. The van der Waals surface area contributed by atoms with Crippen LogP contribution in [0.25, 0.3) is 38.8 Å². The number of pyridine rings is 1. The molecule has 0 atom stereocenters. The minimum absolute atomic E-state index is 0.282. The van der Waals surface area contributed by atoms with Crippen LogP contribution >= 0.6 is 11.6 Å². The highest BCUT2D eigenvalue weighted by Gasteiger charge is 2.17. The second-order valence-corrected chi connectivity index (χ2v) is 7.41. The molecule has 0 unspecified atom stereocenters. The van der Waals surface area contributed by atoms with Crippen molar-refractivity contribution in [3.8, 4) is 16.9 Å².